The summed E-state index contributed by atoms with van der Waals surface area (Å²) in [5.41, 5.74) is 1.06. The van der Waals surface area contributed by atoms with Gasteiger partial charge in [0.25, 0.3) is 5.69 Å². The van der Waals surface area contributed by atoms with Crippen molar-refractivity contribution in [1.29, 1.82) is 0 Å². The lowest BCUT2D eigenvalue weighted by atomic mass is 10.2. The van der Waals surface area contributed by atoms with E-state index in [1.807, 2.05) is 0 Å². The summed E-state index contributed by atoms with van der Waals surface area (Å²) in [7, 11) is 1.53. The smallest absolute Gasteiger partial charge is 0.269 e. The third kappa shape index (κ3) is 3.11. The highest BCUT2D eigenvalue weighted by atomic mass is 16.6. The second kappa shape index (κ2) is 5.83. The van der Waals surface area contributed by atoms with Crippen molar-refractivity contribution in [1.82, 2.24) is 0 Å². The number of ether oxygens (including phenoxy) is 1. The molecule has 0 spiro atoms. The second-order valence-electron chi connectivity index (χ2n) is 3.96. The molecule has 20 heavy (non-hydrogen) atoms. The molecule has 2 rings (SSSR count). The summed E-state index contributed by atoms with van der Waals surface area (Å²) in [6.45, 7) is 0. The number of phenols is 1. The molecule has 0 fully saturated rings. The van der Waals surface area contributed by atoms with Crippen LogP contribution in [0.1, 0.15) is 5.56 Å². The molecule has 6 nitrogen and oxygen atoms in total. The van der Waals surface area contributed by atoms with Crippen LogP contribution in [0.15, 0.2) is 47.5 Å². The molecule has 0 bridgehead atoms. The zero-order valence-corrected chi connectivity index (χ0v) is 10.7. The molecule has 0 aromatic heterocycles. The van der Waals surface area contributed by atoms with E-state index in [9.17, 15) is 15.2 Å². The van der Waals surface area contributed by atoms with Crippen molar-refractivity contribution < 1.29 is 14.8 Å². The summed E-state index contributed by atoms with van der Waals surface area (Å²) >= 11 is 0. The summed E-state index contributed by atoms with van der Waals surface area (Å²) in [5.74, 6) is 0.685. The number of non-ortho nitro benzene ring substituents is 1. The van der Waals surface area contributed by atoms with E-state index in [2.05, 4.69) is 4.99 Å². The maximum atomic E-state index is 10.5. The van der Waals surface area contributed by atoms with E-state index >= 15 is 0 Å². The number of aliphatic imine (C=N–C) groups is 1. The molecule has 6 heteroatoms. The molecule has 0 amide bonds. The van der Waals surface area contributed by atoms with E-state index in [0.717, 1.165) is 0 Å². The predicted octanol–water partition coefficient (Wildman–Crippen LogP) is 3.06. The number of hydrogen-bond acceptors (Lipinski definition) is 5. The van der Waals surface area contributed by atoms with Crippen LogP contribution < -0.4 is 4.74 Å². The van der Waals surface area contributed by atoms with Crippen LogP contribution in [0.4, 0.5) is 11.4 Å². The van der Waals surface area contributed by atoms with Crippen molar-refractivity contribution >= 4 is 17.6 Å². The van der Waals surface area contributed by atoms with Crippen molar-refractivity contribution in [3.05, 3.63) is 58.1 Å². The number of methoxy groups -OCH3 is 1. The Morgan fingerprint density at radius 3 is 2.55 bits per heavy atom. The summed E-state index contributed by atoms with van der Waals surface area (Å²) < 4.78 is 5.06. The normalized spacial score (nSPS) is 10.7. The molecule has 102 valence electrons. The highest BCUT2D eigenvalue weighted by molar-refractivity contribution is 5.86. The van der Waals surface area contributed by atoms with Gasteiger partial charge in [0.1, 0.15) is 11.5 Å². The van der Waals surface area contributed by atoms with Crippen LogP contribution in [0.5, 0.6) is 11.5 Å². The van der Waals surface area contributed by atoms with Crippen molar-refractivity contribution in [2.45, 2.75) is 0 Å². The van der Waals surface area contributed by atoms with Crippen LogP contribution in [-0.4, -0.2) is 23.4 Å². The van der Waals surface area contributed by atoms with Crippen LogP contribution in [-0.2, 0) is 0 Å². The van der Waals surface area contributed by atoms with Crippen molar-refractivity contribution in [3.8, 4) is 11.5 Å². The molecule has 0 saturated carbocycles. The Bertz CT molecular complexity index is 651. The quantitative estimate of drug-likeness (QED) is 0.526. The summed E-state index contributed by atoms with van der Waals surface area (Å²) in [5, 5.41) is 20.2. The van der Waals surface area contributed by atoms with Gasteiger partial charge in [0.05, 0.1) is 17.7 Å². The molecule has 0 unspecified atom stereocenters. The molecule has 0 heterocycles. The fourth-order valence-corrected chi connectivity index (χ4v) is 1.57. The van der Waals surface area contributed by atoms with Gasteiger partial charge < -0.3 is 9.84 Å². The fourth-order valence-electron chi connectivity index (χ4n) is 1.57. The Morgan fingerprint density at radius 1 is 1.25 bits per heavy atom. The fraction of sp³-hybridized carbons (Fsp3) is 0.0714. The van der Waals surface area contributed by atoms with Crippen LogP contribution in [0.25, 0.3) is 0 Å². The van der Waals surface area contributed by atoms with Gasteiger partial charge in [-0.25, -0.2) is 0 Å². The Morgan fingerprint density at radius 2 is 1.95 bits per heavy atom. The number of rotatable bonds is 4. The predicted molar refractivity (Wildman–Crippen MR) is 75.0 cm³/mol. The van der Waals surface area contributed by atoms with Gasteiger partial charge in [-0.05, 0) is 30.3 Å². The summed E-state index contributed by atoms with van der Waals surface area (Å²) in [6.07, 6.45) is 1.47. The zero-order chi connectivity index (χ0) is 14.5. The highest BCUT2D eigenvalue weighted by Gasteiger charge is 2.03. The number of phenolic OH excluding ortho intramolecular Hbond substituents is 1. The molecule has 0 atom stereocenters. The average molecular weight is 272 g/mol. The molecule has 2 aromatic carbocycles. The lowest BCUT2D eigenvalue weighted by molar-refractivity contribution is -0.384. The number of benzene rings is 2. The van der Waals surface area contributed by atoms with E-state index in [0.29, 0.717) is 17.0 Å². The van der Waals surface area contributed by atoms with Gasteiger partial charge in [-0.15, -0.1) is 0 Å². The minimum atomic E-state index is -0.471. The molecule has 0 aliphatic heterocycles. The number of nitro benzene ring substituents is 1. The third-order valence-electron chi connectivity index (χ3n) is 2.65. The maximum absolute atomic E-state index is 10.5. The topological polar surface area (TPSA) is 85.0 Å². The van der Waals surface area contributed by atoms with Crippen LogP contribution >= 0.6 is 0 Å². The molecule has 1 N–H and O–H groups in total. The third-order valence-corrected chi connectivity index (χ3v) is 2.65. The SMILES string of the molecule is COc1ccc(O)c(C=Nc2ccc([N+](=O)[O-])cc2)c1. The van der Waals surface area contributed by atoms with Gasteiger partial charge in [-0.1, -0.05) is 0 Å². The Kier molecular flexibility index (Phi) is 3.95. The monoisotopic (exact) mass is 272 g/mol. The molecule has 2 aromatic rings. The van der Waals surface area contributed by atoms with Crippen molar-refractivity contribution in [2.24, 2.45) is 4.99 Å². The molecule has 0 aliphatic carbocycles. The van der Waals surface area contributed by atoms with Gasteiger partial charge in [-0.2, -0.15) is 0 Å². The first kappa shape index (κ1) is 13.5. The first-order valence-electron chi connectivity index (χ1n) is 5.75. The Balaban J connectivity index is 2.22. The molecule has 0 saturated heterocycles. The number of aromatic hydroxyl groups is 1. The lowest BCUT2D eigenvalue weighted by Crippen LogP contribution is -1.87. The maximum Gasteiger partial charge on any atom is 0.269 e. The van der Waals surface area contributed by atoms with Gasteiger partial charge >= 0.3 is 0 Å². The van der Waals surface area contributed by atoms with Crippen molar-refractivity contribution in [2.75, 3.05) is 7.11 Å². The molecular weight excluding hydrogens is 260 g/mol. The van der Waals surface area contributed by atoms with E-state index in [1.54, 1.807) is 12.1 Å². The zero-order valence-electron chi connectivity index (χ0n) is 10.7. The first-order chi connectivity index (χ1) is 9.60. The van der Waals surface area contributed by atoms with E-state index in [1.165, 1.54) is 43.7 Å². The molecule has 0 aliphatic rings. The Labute approximate surface area is 115 Å². The average Bonchev–Trinajstić information content (AvgIpc) is 2.47. The number of nitro groups is 1. The van der Waals surface area contributed by atoms with Crippen LogP contribution in [0.3, 0.4) is 0 Å². The standard InChI is InChI=1S/C14H12N2O4/c1-20-13-6-7-14(17)10(8-13)9-15-11-2-4-12(5-3-11)16(18)19/h2-9,17H,1H3. The Hall–Kier alpha value is -2.89. The summed E-state index contributed by atoms with van der Waals surface area (Å²) in [4.78, 5) is 14.2. The summed E-state index contributed by atoms with van der Waals surface area (Å²) in [6, 6.07) is 10.6. The van der Waals surface area contributed by atoms with E-state index in [-0.39, 0.29) is 11.4 Å². The van der Waals surface area contributed by atoms with Crippen molar-refractivity contribution in [3.63, 3.8) is 0 Å². The second-order valence-corrected chi connectivity index (χ2v) is 3.96. The van der Waals surface area contributed by atoms with Gasteiger partial charge in [0.15, 0.2) is 0 Å². The molecule has 0 radical (unpaired) electrons. The highest BCUT2D eigenvalue weighted by Crippen LogP contribution is 2.23. The minimum absolute atomic E-state index is 0.00757. The largest absolute Gasteiger partial charge is 0.507 e. The minimum Gasteiger partial charge on any atom is -0.507 e. The van der Waals surface area contributed by atoms with E-state index in [4.69, 9.17) is 4.74 Å². The van der Waals surface area contributed by atoms with E-state index < -0.39 is 4.92 Å². The van der Waals surface area contributed by atoms with Gasteiger partial charge in [0.2, 0.25) is 0 Å². The lowest BCUT2D eigenvalue weighted by Gasteiger charge is -2.02. The first-order valence-corrected chi connectivity index (χ1v) is 5.75. The number of hydrogen-bond donors (Lipinski definition) is 1. The number of nitrogens with zero attached hydrogens (tertiary/aromatic N) is 2. The van der Waals surface area contributed by atoms with Crippen LogP contribution in [0.2, 0.25) is 0 Å². The van der Waals surface area contributed by atoms with Gasteiger partial charge in [-0.3, -0.25) is 15.1 Å². The molecular formula is C14H12N2O4. The van der Waals surface area contributed by atoms with Gasteiger partial charge in [0, 0.05) is 23.9 Å². The van der Waals surface area contributed by atoms with Crippen LogP contribution in [0, 0.1) is 10.1 Å².